The molecule has 2 rings (SSSR count). The zero-order valence-corrected chi connectivity index (χ0v) is 10.8. The van der Waals surface area contributed by atoms with Gasteiger partial charge < -0.3 is 10.2 Å². The van der Waals surface area contributed by atoms with Gasteiger partial charge in [-0.2, -0.15) is 0 Å². The zero-order chi connectivity index (χ0) is 14.7. The lowest BCUT2D eigenvalue weighted by Crippen LogP contribution is -2.04. The molecule has 2 aromatic rings. The molecular formula is C13H9ClN2O4. The second-order valence-electron chi connectivity index (χ2n) is 3.86. The first-order valence-electron chi connectivity index (χ1n) is 5.49. The molecule has 6 nitrogen and oxygen atoms in total. The van der Waals surface area contributed by atoms with Gasteiger partial charge in [-0.05, 0) is 24.3 Å². The maximum Gasteiger partial charge on any atom is 0.270 e. The Balaban J connectivity index is 2.39. The molecule has 0 unspecified atom stereocenters. The first-order valence-corrected chi connectivity index (χ1v) is 5.87. The average molecular weight is 293 g/mol. The Morgan fingerprint density at radius 1 is 1.35 bits per heavy atom. The van der Waals surface area contributed by atoms with Crippen molar-refractivity contribution in [2.75, 3.05) is 0 Å². The highest BCUT2D eigenvalue weighted by Gasteiger charge is 2.13. The Morgan fingerprint density at radius 2 is 2.10 bits per heavy atom. The fourth-order valence-electron chi connectivity index (χ4n) is 1.57. The topological polar surface area (TPSA) is 99.4 Å². The number of rotatable bonds is 4. The third-order valence-corrected chi connectivity index (χ3v) is 2.79. The lowest BCUT2D eigenvalue weighted by atomic mass is 10.1. The number of non-ortho nitro benzene ring substituents is 1. The van der Waals surface area contributed by atoms with Gasteiger partial charge in [-0.3, -0.25) is 14.9 Å². The first-order chi connectivity index (χ1) is 9.47. The van der Waals surface area contributed by atoms with Crippen molar-refractivity contribution in [2.45, 2.75) is 0 Å². The summed E-state index contributed by atoms with van der Waals surface area (Å²) < 4.78 is 5.43. The molecule has 0 radical (unpaired) electrons. The van der Waals surface area contributed by atoms with Crippen molar-refractivity contribution >= 4 is 29.3 Å². The largest absolute Gasteiger partial charge is 0.457 e. The van der Waals surface area contributed by atoms with Crippen LogP contribution in [-0.2, 0) is 4.79 Å². The molecule has 0 saturated carbocycles. The van der Waals surface area contributed by atoms with E-state index < -0.39 is 10.8 Å². The molecule has 0 saturated heterocycles. The smallest absolute Gasteiger partial charge is 0.270 e. The van der Waals surface area contributed by atoms with E-state index in [1.165, 1.54) is 24.3 Å². The van der Waals surface area contributed by atoms with Crippen LogP contribution in [0.2, 0.25) is 5.02 Å². The van der Waals surface area contributed by atoms with Crippen LogP contribution in [0.15, 0.2) is 40.8 Å². The predicted octanol–water partition coefficient (Wildman–Crippen LogP) is 3.01. The number of furan rings is 1. The summed E-state index contributed by atoms with van der Waals surface area (Å²) in [6.45, 7) is 0. The van der Waals surface area contributed by atoms with Crippen molar-refractivity contribution in [3.63, 3.8) is 0 Å². The number of benzene rings is 1. The third-order valence-electron chi connectivity index (χ3n) is 2.46. The van der Waals surface area contributed by atoms with E-state index in [9.17, 15) is 14.9 Å². The second-order valence-corrected chi connectivity index (χ2v) is 4.27. The van der Waals surface area contributed by atoms with Gasteiger partial charge in [0.15, 0.2) is 0 Å². The molecule has 0 spiro atoms. The zero-order valence-electron chi connectivity index (χ0n) is 10.1. The molecule has 0 atom stereocenters. The van der Waals surface area contributed by atoms with E-state index in [2.05, 4.69) is 0 Å². The van der Waals surface area contributed by atoms with Gasteiger partial charge in [0.1, 0.15) is 11.5 Å². The lowest BCUT2D eigenvalue weighted by molar-refractivity contribution is -0.384. The van der Waals surface area contributed by atoms with Crippen LogP contribution in [0.5, 0.6) is 0 Å². The monoisotopic (exact) mass is 292 g/mol. The van der Waals surface area contributed by atoms with Gasteiger partial charge in [-0.1, -0.05) is 11.6 Å². The summed E-state index contributed by atoms with van der Waals surface area (Å²) >= 11 is 6.00. The molecule has 7 heteroatoms. The molecule has 0 aliphatic rings. The van der Waals surface area contributed by atoms with Crippen LogP contribution in [0.1, 0.15) is 5.76 Å². The molecule has 0 fully saturated rings. The highest BCUT2D eigenvalue weighted by Crippen LogP contribution is 2.32. The van der Waals surface area contributed by atoms with Gasteiger partial charge in [-0.15, -0.1) is 0 Å². The van der Waals surface area contributed by atoms with Crippen LogP contribution in [-0.4, -0.2) is 10.8 Å². The molecule has 0 bridgehead atoms. The molecule has 1 aromatic carbocycles. The molecule has 1 aromatic heterocycles. The fraction of sp³-hybridized carbons (Fsp3) is 0. The number of carbonyl (C=O) groups is 1. The summed E-state index contributed by atoms with van der Waals surface area (Å²) in [6, 6.07) is 7.26. The Hall–Kier alpha value is -2.60. The molecule has 2 N–H and O–H groups in total. The van der Waals surface area contributed by atoms with Crippen LogP contribution in [0.3, 0.4) is 0 Å². The van der Waals surface area contributed by atoms with Gasteiger partial charge in [-0.25, -0.2) is 0 Å². The molecule has 1 heterocycles. The van der Waals surface area contributed by atoms with E-state index in [4.69, 9.17) is 21.8 Å². The van der Waals surface area contributed by atoms with Gasteiger partial charge in [0.2, 0.25) is 5.91 Å². The average Bonchev–Trinajstić information content (AvgIpc) is 2.85. The van der Waals surface area contributed by atoms with E-state index in [1.54, 1.807) is 12.1 Å². The van der Waals surface area contributed by atoms with Gasteiger partial charge in [0, 0.05) is 23.8 Å². The number of hydrogen-bond donors (Lipinski definition) is 1. The van der Waals surface area contributed by atoms with E-state index in [-0.39, 0.29) is 5.69 Å². The highest BCUT2D eigenvalue weighted by molar-refractivity contribution is 6.33. The minimum atomic E-state index is -0.601. The second kappa shape index (κ2) is 5.58. The summed E-state index contributed by atoms with van der Waals surface area (Å²) in [5.41, 5.74) is 5.29. The molecular weight excluding hydrogens is 284 g/mol. The van der Waals surface area contributed by atoms with Crippen molar-refractivity contribution in [2.24, 2.45) is 5.73 Å². The normalized spacial score (nSPS) is 10.8. The number of amides is 1. The van der Waals surface area contributed by atoms with Gasteiger partial charge in [0.25, 0.3) is 5.69 Å². The molecule has 0 aliphatic heterocycles. The first kappa shape index (κ1) is 13.8. The summed E-state index contributed by atoms with van der Waals surface area (Å²) in [5, 5.41) is 11.1. The number of hydrogen-bond acceptors (Lipinski definition) is 4. The number of primary amides is 1. The number of halogens is 1. The highest BCUT2D eigenvalue weighted by atomic mass is 35.5. The van der Waals surface area contributed by atoms with Crippen molar-refractivity contribution in [1.29, 1.82) is 0 Å². The van der Waals surface area contributed by atoms with Crippen molar-refractivity contribution in [3.05, 3.63) is 57.3 Å². The van der Waals surface area contributed by atoms with E-state index in [0.29, 0.717) is 22.1 Å². The van der Waals surface area contributed by atoms with Crippen LogP contribution < -0.4 is 5.73 Å². The van der Waals surface area contributed by atoms with Crippen molar-refractivity contribution in [3.8, 4) is 11.3 Å². The predicted molar refractivity (Wildman–Crippen MR) is 74.0 cm³/mol. The number of nitrogens with zero attached hydrogens (tertiary/aromatic N) is 1. The minimum absolute atomic E-state index is 0.0879. The standard InChI is InChI=1S/C13H9ClN2O4/c14-11-4-1-8(16(18)19)7-10(11)12-5-2-9(20-12)3-6-13(15)17/h1-7H,(H2,15,17)/b6-3+. The van der Waals surface area contributed by atoms with E-state index in [0.717, 1.165) is 6.08 Å². The number of nitro benzene ring substituents is 1. The van der Waals surface area contributed by atoms with Crippen LogP contribution in [0, 0.1) is 10.1 Å². The minimum Gasteiger partial charge on any atom is -0.457 e. The number of carbonyl (C=O) groups excluding carboxylic acids is 1. The van der Waals surface area contributed by atoms with Crippen molar-refractivity contribution in [1.82, 2.24) is 0 Å². The van der Waals surface area contributed by atoms with E-state index >= 15 is 0 Å². The molecule has 1 amide bonds. The fourth-order valence-corrected chi connectivity index (χ4v) is 1.78. The van der Waals surface area contributed by atoms with Crippen molar-refractivity contribution < 1.29 is 14.1 Å². The number of nitro groups is 1. The summed E-state index contributed by atoms with van der Waals surface area (Å²) in [6.07, 6.45) is 2.55. The quantitative estimate of drug-likeness (QED) is 0.532. The Morgan fingerprint density at radius 3 is 2.75 bits per heavy atom. The Labute approximate surface area is 118 Å². The SMILES string of the molecule is NC(=O)/C=C/c1ccc(-c2cc([N+](=O)[O-])ccc2Cl)o1. The third kappa shape index (κ3) is 3.04. The summed E-state index contributed by atoms with van der Waals surface area (Å²) in [4.78, 5) is 20.9. The lowest BCUT2D eigenvalue weighted by Gasteiger charge is -2.00. The summed E-state index contributed by atoms with van der Waals surface area (Å²) in [5.74, 6) is 0.153. The maximum absolute atomic E-state index is 10.7. The van der Waals surface area contributed by atoms with Gasteiger partial charge >= 0.3 is 0 Å². The van der Waals surface area contributed by atoms with Crippen LogP contribution in [0.4, 0.5) is 5.69 Å². The Kier molecular flexibility index (Phi) is 3.86. The maximum atomic E-state index is 10.7. The van der Waals surface area contributed by atoms with Gasteiger partial charge in [0.05, 0.1) is 9.95 Å². The van der Waals surface area contributed by atoms with E-state index in [1.807, 2.05) is 0 Å². The molecule has 0 aliphatic carbocycles. The molecule has 20 heavy (non-hydrogen) atoms. The number of nitrogens with two attached hydrogens (primary N) is 1. The Bertz CT molecular complexity index is 706. The summed E-state index contributed by atoms with van der Waals surface area (Å²) in [7, 11) is 0. The van der Waals surface area contributed by atoms with Crippen LogP contribution >= 0.6 is 11.6 Å². The van der Waals surface area contributed by atoms with Crippen LogP contribution in [0.25, 0.3) is 17.4 Å². The molecule has 102 valence electrons.